The number of amides is 2. The van der Waals surface area contributed by atoms with E-state index in [9.17, 15) is 9.59 Å². The molecule has 0 spiro atoms. The number of nitrogens with zero attached hydrogens (tertiary/aromatic N) is 1. The van der Waals surface area contributed by atoms with Crippen LogP contribution in [0.5, 0.6) is 5.75 Å². The number of unbranched alkanes of at least 4 members (excludes halogenated alkanes) is 2. The average molecular weight is 445 g/mol. The lowest BCUT2D eigenvalue weighted by Gasteiger charge is -2.17. The van der Waals surface area contributed by atoms with Crippen molar-refractivity contribution in [1.82, 2.24) is 0 Å². The van der Waals surface area contributed by atoms with Gasteiger partial charge in [0, 0.05) is 28.8 Å². The fourth-order valence-electron chi connectivity index (χ4n) is 3.17. The molecule has 1 heterocycles. The second kappa shape index (κ2) is 9.73. The average Bonchev–Trinajstić information content (AvgIpc) is 3.09. The highest BCUT2D eigenvalue weighted by molar-refractivity contribution is 9.10. The van der Waals surface area contributed by atoms with Crippen LogP contribution in [0.15, 0.2) is 53.0 Å². The van der Waals surface area contributed by atoms with E-state index < -0.39 is 0 Å². The van der Waals surface area contributed by atoms with Crippen LogP contribution in [0, 0.1) is 5.92 Å². The first-order valence-corrected chi connectivity index (χ1v) is 10.5. The van der Waals surface area contributed by atoms with E-state index in [4.69, 9.17) is 4.74 Å². The summed E-state index contributed by atoms with van der Waals surface area (Å²) in [5.74, 6) is 0.274. The highest BCUT2D eigenvalue weighted by atomic mass is 79.9. The van der Waals surface area contributed by atoms with Crippen LogP contribution in [0.4, 0.5) is 11.4 Å². The molecule has 5 nitrogen and oxygen atoms in total. The number of carbonyl (C=O) groups is 2. The molecule has 0 aliphatic carbocycles. The van der Waals surface area contributed by atoms with Crippen molar-refractivity contribution in [3.8, 4) is 5.75 Å². The van der Waals surface area contributed by atoms with Gasteiger partial charge in [0.2, 0.25) is 11.8 Å². The number of hydrogen-bond acceptors (Lipinski definition) is 3. The lowest BCUT2D eigenvalue weighted by Crippen LogP contribution is -2.28. The Morgan fingerprint density at radius 3 is 2.54 bits per heavy atom. The van der Waals surface area contributed by atoms with E-state index in [-0.39, 0.29) is 24.2 Å². The first-order chi connectivity index (χ1) is 13.6. The normalized spacial score (nSPS) is 16.3. The van der Waals surface area contributed by atoms with Gasteiger partial charge in [0.1, 0.15) is 5.75 Å². The summed E-state index contributed by atoms with van der Waals surface area (Å²) in [4.78, 5) is 26.6. The summed E-state index contributed by atoms with van der Waals surface area (Å²) in [6, 6.07) is 14.9. The second-order valence-electron chi connectivity index (χ2n) is 6.95. The molecular weight excluding hydrogens is 420 g/mol. The largest absolute Gasteiger partial charge is 0.494 e. The third-order valence-electron chi connectivity index (χ3n) is 4.77. The van der Waals surface area contributed by atoms with Gasteiger partial charge in [0.25, 0.3) is 0 Å². The van der Waals surface area contributed by atoms with Crippen molar-refractivity contribution in [3.05, 3.63) is 53.0 Å². The van der Waals surface area contributed by atoms with E-state index >= 15 is 0 Å². The molecule has 2 amide bonds. The summed E-state index contributed by atoms with van der Waals surface area (Å²) in [5.41, 5.74) is 1.52. The minimum atomic E-state index is -0.360. The van der Waals surface area contributed by atoms with E-state index in [1.165, 1.54) is 0 Å². The van der Waals surface area contributed by atoms with Gasteiger partial charge in [0.05, 0.1) is 12.5 Å². The van der Waals surface area contributed by atoms with E-state index in [1.54, 1.807) is 4.90 Å². The van der Waals surface area contributed by atoms with Gasteiger partial charge in [-0.2, -0.15) is 0 Å². The molecule has 0 unspecified atom stereocenters. The third-order valence-corrected chi connectivity index (χ3v) is 5.30. The number of carbonyl (C=O) groups excluding carboxylic acids is 2. The van der Waals surface area contributed by atoms with Gasteiger partial charge in [-0.05, 0) is 55.0 Å². The minimum Gasteiger partial charge on any atom is -0.494 e. The van der Waals surface area contributed by atoms with Crippen molar-refractivity contribution in [2.24, 2.45) is 5.92 Å². The van der Waals surface area contributed by atoms with Gasteiger partial charge in [-0.1, -0.05) is 35.7 Å². The topological polar surface area (TPSA) is 58.6 Å². The number of halogens is 1. The van der Waals surface area contributed by atoms with Crippen molar-refractivity contribution in [1.29, 1.82) is 0 Å². The Hall–Kier alpha value is -2.34. The quantitative estimate of drug-likeness (QED) is 0.582. The second-order valence-corrected chi connectivity index (χ2v) is 7.87. The van der Waals surface area contributed by atoms with Crippen molar-refractivity contribution in [3.63, 3.8) is 0 Å². The van der Waals surface area contributed by atoms with Crippen LogP contribution < -0.4 is 15.0 Å². The van der Waals surface area contributed by atoms with Crippen LogP contribution in [0.25, 0.3) is 0 Å². The molecule has 6 heteroatoms. The number of anilines is 2. The number of hydrogen-bond donors (Lipinski definition) is 1. The zero-order valence-corrected chi connectivity index (χ0v) is 17.6. The summed E-state index contributed by atoms with van der Waals surface area (Å²) in [7, 11) is 0. The number of nitrogens with one attached hydrogen (secondary N) is 1. The Morgan fingerprint density at radius 1 is 1.14 bits per heavy atom. The van der Waals surface area contributed by atoms with Crippen molar-refractivity contribution < 1.29 is 14.3 Å². The highest BCUT2D eigenvalue weighted by Gasteiger charge is 2.35. The van der Waals surface area contributed by atoms with Gasteiger partial charge in [-0.25, -0.2) is 0 Å². The van der Waals surface area contributed by atoms with Gasteiger partial charge in [-0.3, -0.25) is 9.59 Å². The molecule has 1 N–H and O–H groups in total. The molecule has 148 valence electrons. The first kappa shape index (κ1) is 20.4. The van der Waals surface area contributed by atoms with Crippen LogP contribution in [0.3, 0.4) is 0 Å². The Morgan fingerprint density at radius 2 is 1.86 bits per heavy atom. The molecule has 1 saturated heterocycles. The summed E-state index contributed by atoms with van der Waals surface area (Å²) < 4.78 is 6.64. The molecule has 28 heavy (non-hydrogen) atoms. The van der Waals surface area contributed by atoms with Crippen LogP contribution in [0.1, 0.15) is 32.6 Å². The van der Waals surface area contributed by atoms with Crippen molar-refractivity contribution >= 4 is 39.1 Å². The maximum atomic E-state index is 12.6. The molecule has 0 saturated carbocycles. The van der Waals surface area contributed by atoms with Crippen LogP contribution in [0.2, 0.25) is 0 Å². The molecule has 3 rings (SSSR count). The van der Waals surface area contributed by atoms with E-state index in [2.05, 4.69) is 28.2 Å². The summed E-state index contributed by atoms with van der Waals surface area (Å²) in [5, 5.41) is 2.91. The zero-order valence-electron chi connectivity index (χ0n) is 16.0. The molecule has 1 aliphatic rings. The lowest BCUT2D eigenvalue weighted by atomic mass is 10.1. The zero-order chi connectivity index (χ0) is 19.9. The summed E-state index contributed by atoms with van der Waals surface area (Å²) in [6.07, 6.45) is 3.59. The van der Waals surface area contributed by atoms with Crippen LogP contribution in [-0.2, 0) is 9.59 Å². The van der Waals surface area contributed by atoms with Gasteiger partial charge < -0.3 is 15.0 Å². The molecular formula is C22H25BrN2O3. The van der Waals surface area contributed by atoms with Crippen LogP contribution >= 0.6 is 15.9 Å². The predicted octanol–water partition coefficient (Wildman–Crippen LogP) is 5.01. The molecule has 1 fully saturated rings. The molecule has 0 bridgehead atoms. The lowest BCUT2D eigenvalue weighted by molar-refractivity contribution is -0.122. The fourth-order valence-corrected chi connectivity index (χ4v) is 3.44. The maximum absolute atomic E-state index is 12.6. The van der Waals surface area contributed by atoms with Crippen molar-refractivity contribution in [2.75, 3.05) is 23.4 Å². The van der Waals surface area contributed by atoms with E-state index in [0.717, 1.165) is 35.2 Å². The first-order valence-electron chi connectivity index (χ1n) is 9.66. The van der Waals surface area contributed by atoms with E-state index in [0.29, 0.717) is 18.8 Å². The molecule has 0 aromatic heterocycles. The maximum Gasteiger partial charge on any atom is 0.229 e. The van der Waals surface area contributed by atoms with E-state index in [1.807, 2.05) is 48.5 Å². The number of ether oxygens (including phenoxy) is 1. The molecule has 2 aromatic rings. The van der Waals surface area contributed by atoms with Gasteiger partial charge in [0.15, 0.2) is 0 Å². The highest BCUT2D eigenvalue weighted by Crippen LogP contribution is 2.27. The Bertz CT molecular complexity index is 806. The molecule has 1 aliphatic heterocycles. The SMILES string of the molecule is CCCCCOc1ccc(NC(=O)[C@H]2CC(=O)N(c3ccc(Br)cc3)C2)cc1. The predicted molar refractivity (Wildman–Crippen MR) is 115 cm³/mol. The number of rotatable bonds is 8. The Balaban J connectivity index is 1.53. The van der Waals surface area contributed by atoms with Crippen LogP contribution in [-0.4, -0.2) is 25.0 Å². The standard InChI is InChI=1S/C22H25BrN2O3/c1-2-3-4-13-28-20-11-7-18(8-12-20)24-22(27)16-14-21(26)25(15-16)19-9-5-17(23)6-10-19/h5-12,16H,2-4,13-15H2,1H3,(H,24,27)/t16-/m0/s1. The number of benzene rings is 2. The third kappa shape index (κ3) is 5.35. The Labute approximate surface area is 174 Å². The van der Waals surface area contributed by atoms with Gasteiger partial charge >= 0.3 is 0 Å². The summed E-state index contributed by atoms with van der Waals surface area (Å²) >= 11 is 3.39. The minimum absolute atomic E-state index is 0.0294. The Kier molecular flexibility index (Phi) is 7.09. The molecule has 2 aromatic carbocycles. The van der Waals surface area contributed by atoms with Gasteiger partial charge in [-0.15, -0.1) is 0 Å². The smallest absolute Gasteiger partial charge is 0.229 e. The fraction of sp³-hybridized carbons (Fsp3) is 0.364. The summed E-state index contributed by atoms with van der Waals surface area (Å²) in [6.45, 7) is 3.26. The molecule has 1 atom stereocenters. The monoisotopic (exact) mass is 444 g/mol. The molecule has 0 radical (unpaired) electrons. The van der Waals surface area contributed by atoms with Crippen molar-refractivity contribution in [2.45, 2.75) is 32.6 Å².